The Labute approximate surface area is 161 Å². The van der Waals surface area contributed by atoms with E-state index in [0.717, 1.165) is 22.4 Å². The molecule has 8 heteroatoms. The first-order valence-electron chi connectivity index (χ1n) is 9.31. The number of fused-ring (bicyclic) bond motifs is 3. The highest BCUT2D eigenvalue weighted by Gasteiger charge is 2.29. The fourth-order valence-corrected chi connectivity index (χ4v) is 3.88. The van der Waals surface area contributed by atoms with Crippen LogP contribution < -0.4 is 16.1 Å². The zero-order chi connectivity index (χ0) is 20.2. The Hall–Kier alpha value is -3.16. The largest absolute Gasteiger partial charge is 0.332 e. The first-order valence-corrected chi connectivity index (χ1v) is 9.31. The quantitative estimate of drug-likeness (QED) is 0.688. The second-order valence-corrected chi connectivity index (χ2v) is 7.68. The molecule has 1 aliphatic heterocycles. The molecule has 0 unspecified atom stereocenters. The van der Waals surface area contributed by atoms with Gasteiger partial charge in [0.05, 0.1) is 6.54 Å². The lowest BCUT2D eigenvalue weighted by Crippen LogP contribution is -2.41. The molecule has 146 valence electrons. The Morgan fingerprint density at radius 2 is 2.00 bits per heavy atom. The Morgan fingerprint density at radius 1 is 1.25 bits per heavy atom. The molecule has 0 bridgehead atoms. The second-order valence-electron chi connectivity index (χ2n) is 7.68. The van der Waals surface area contributed by atoms with E-state index in [1.54, 1.807) is 7.05 Å². The maximum atomic E-state index is 13.1. The molecule has 0 radical (unpaired) electrons. The van der Waals surface area contributed by atoms with Crippen molar-refractivity contribution in [2.45, 2.75) is 33.9 Å². The molecule has 2 aromatic heterocycles. The van der Waals surface area contributed by atoms with Crippen LogP contribution in [0.15, 0.2) is 33.9 Å². The number of hydrogen-bond donors (Lipinski definition) is 0. The van der Waals surface area contributed by atoms with Gasteiger partial charge in [-0.3, -0.25) is 18.7 Å². The molecule has 0 amide bonds. The molecule has 3 aromatic rings. The van der Waals surface area contributed by atoms with Crippen molar-refractivity contribution in [1.29, 1.82) is 0 Å². The van der Waals surface area contributed by atoms with Gasteiger partial charge in [-0.1, -0.05) is 19.1 Å². The van der Waals surface area contributed by atoms with Gasteiger partial charge in [0.15, 0.2) is 11.2 Å². The van der Waals surface area contributed by atoms with Crippen molar-refractivity contribution in [3.05, 3.63) is 50.7 Å². The molecule has 0 saturated carbocycles. The number of rotatable bonds is 3. The highest BCUT2D eigenvalue weighted by atomic mass is 16.2. The zero-order valence-electron chi connectivity index (χ0n) is 16.5. The fraction of sp³-hybridized carbons (Fsp3) is 0.400. The summed E-state index contributed by atoms with van der Waals surface area (Å²) in [4.78, 5) is 44.0. The van der Waals surface area contributed by atoms with Crippen LogP contribution >= 0.6 is 0 Å². The normalized spacial score (nSPS) is 16.4. The molecule has 0 saturated heterocycles. The number of benzene rings is 1. The molecule has 3 heterocycles. The number of imidazole rings is 1. The Kier molecular flexibility index (Phi) is 4.21. The number of aromatic nitrogens is 4. The predicted octanol–water partition coefficient (Wildman–Crippen LogP) is 1.58. The average molecular weight is 381 g/mol. The van der Waals surface area contributed by atoms with E-state index in [-0.39, 0.29) is 18.2 Å². The molecular formula is C20H23N5O3. The lowest BCUT2D eigenvalue weighted by atomic mass is 10.1. The first kappa shape index (κ1) is 18.2. The molecule has 28 heavy (non-hydrogen) atoms. The molecule has 8 nitrogen and oxygen atoms in total. The van der Waals surface area contributed by atoms with Crippen LogP contribution in [0.1, 0.15) is 19.4 Å². The summed E-state index contributed by atoms with van der Waals surface area (Å²) < 4.78 is 4.23. The first-order chi connectivity index (χ1) is 13.3. The van der Waals surface area contributed by atoms with Crippen LogP contribution in [0.5, 0.6) is 0 Å². The molecule has 0 aliphatic carbocycles. The number of ketones is 1. The summed E-state index contributed by atoms with van der Waals surface area (Å²) in [5.41, 5.74) is 1.84. The maximum absolute atomic E-state index is 13.1. The van der Waals surface area contributed by atoms with Crippen molar-refractivity contribution >= 4 is 28.6 Å². The third kappa shape index (κ3) is 2.76. The SMILES string of the molecule is CC(=O)Cn1c(=O)c2c(nc3n2C[C@H](C)CN3c2cccc(C)c2)n(C)c1=O. The van der Waals surface area contributed by atoms with Crippen molar-refractivity contribution in [2.75, 3.05) is 11.4 Å². The van der Waals surface area contributed by atoms with Crippen molar-refractivity contribution in [3.63, 3.8) is 0 Å². The van der Waals surface area contributed by atoms with Gasteiger partial charge in [-0.15, -0.1) is 0 Å². The third-order valence-corrected chi connectivity index (χ3v) is 5.14. The van der Waals surface area contributed by atoms with E-state index < -0.39 is 11.2 Å². The molecule has 4 rings (SSSR count). The van der Waals surface area contributed by atoms with Gasteiger partial charge in [-0.2, -0.15) is 4.98 Å². The van der Waals surface area contributed by atoms with E-state index in [0.29, 0.717) is 23.7 Å². The van der Waals surface area contributed by atoms with E-state index in [9.17, 15) is 14.4 Å². The van der Waals surface area contributed by atoms with E-state index >= 15 is 0 Å². The van der Waals surface area contributed by atoms with Gasteiger partial charge in [-0.05, 0) is 37.5 Å². The van der Waals surface area contributed by atoms with Crippen LogP contribution in [-0.4, -0.2) is 31.0 Å². The van der Waals surface area contributed by atoms with Crippen molar-refractivity contribution < 1.29 is 4.79 Å². The smallest absolute Gasteiger partial charge is 0.312 e. The van der Waals surface area contributed by atoms with Gasteiger partial charge >= 0.3 is 5.69 Å². The summed E-state index contributed by atoms with van der Waals surface area (Å²) in [6.07, 6.45) is 0. The van der Waals surface area contributed by atoms with Crippen molar-refractivity contribution in [1.82, 2.24) is 18.7 Å². The zero-order valence-corrected chi connectivity index (χ0v) is 16.5. The van der Waals surface area contributed by atoms with Crippen molar-refractivity contribution in [3.8, 4) is 0 Å². The molecule has 0 N–H and O–H groups in total. The standard InChI is InChI=1S/C20H23N5O3/c1-12-6-5-7-15(8-12)23-9-13(2)10-24-16-17(21-19(23)24)22(4)20(28)25(18(16)27)11-14(3)26/h5-8,13H,9-11H2,1-4H3/t13-/m1/s1. The number of Topliss-reactive ketones (excluding diaryl/α,β-unsaturated/α-hetero) is 1. The van der Waals surface area contributed by atoms with Crippen LogP contribution in [0.2, 0.25) is 0 Å². The Balaban J connectivity index is 2.02. The molecule has 1 aromatic carbocycles. The van der Waals surface area contributed by atoms with Gasteiger partial charge in [0, 0.05) is 25.8 Å². The van der Waals surface area contributed by atoms with E-state index in [4.69, 9.17) is 0 Å². The summed E-state index contributed by atoms with van der Waals surface area (Å²) in [5.74, 6) is 0.682. The Morgan fingerprint density at radius 3 is 2.68 bits per heavy atom. The molecule has 0 fully saturated rings. The van der Waals surface area contributed by atoms with Crippen LogP contribution in [0.4, 0.5) is 11.6 Å². The maximum Gasteiger partial charge on any atom is 0.332 e. The second kappa shape index (κ2) is 6.47. The number of hydrogen-bond acceptors (Lipinski definition) is 5. The third-order valence-electron chi connectivity index (χ3n) is 5.14. The number of anilines is 2. The highest BCUT2D eigenvalue weighted by Crippen LogP contribution is 2.33. The average Bonchev–Trinajstić information content (AvgIpc) is 3.02. The minimum atomic E-state index is -0.529. The highest BCUT2D eigenvalue weighted by molar-refractivity contribution is 5.78. The fourth-order valence-electron chi connectivity index (χ4n) is 3.88. The Bertz CT molecular complexity index is 1220. The van der Waals surface area contributed by atoms with E-state index in [1.165, 1.54) is 11.5 Å². The minimum absolute atomic E-state index is 0.237. The lowest BCUT2D eigenvalue weighted by molar-refractivity contribution is -0.117. The van der Waals surface area contributed by atoms with Crippen LogP contribution in [0.25, 0.3) is 11.2 Å². The van der Waals surface area contributed by atoms with Gasteiger partial charge in [0.1, 0.15) is 5.78 Å². The van der Waals surface area contributed by atoms with Crippen LogP contribution in [0.3, 0.4) is 0 Å². The summed E-state index contributed by atoms with van der Waals surface area (Å²) in [6, 6.07) is 8.12. The topological polar surface area (TPSA) is 82.1 Å². The molecular weight excluding hydrogens is 358 g/mol. The summed E-state index contributed by atoms with van der Waals surface area (Å²) >= 11 is 0. The molecule has 1 aliphatic rings. The molecule has 0 spiro atoms. The number of aryl methyl sites for hydroxylation is 2. The predicted molar refractivity (Wildman–Crippen MR) is 107 cm³/mol. The van der Waals surface area contributed by atoms with Crippen molar-refractivity contribution in [2.24, 2.45) is 13.0 Å². The summed E-state index contributed by atoms with van der Waals surface area (Å²) in [7, 11) is 1.58. The number of carbonyl (C=O) groups excluding carboxylic acids is 1. The van der Waals surface area contributed by atoms with Gasteiger partial charge in [-0.25, -0.2) is 4.79 Å². The van der Waals surface area contributed by atoms with E-state index in [2.05, 4.69) is 22.9 Å². The van der Waals surface area contributed by atoms with Gasteiger partial charge in [0.25, 0.3) is 5.56 Å². The monoisotopic (exact) mass is 381 g/mol. The summed E-state index contributed by atoms with van der Waals surface area (Å²) in [5, 5.41) is 0. The summed E-state index contributed by atoms with van der Waals surface area (Å²) in [6.45, 7) is 6.67. The lowest BCUT2D eigenvalue weighted by Gasteiger charge is -2.33. The van der Waals surface area contributed by atoms with Gasteiger partial charge < -0.3 is 9.47 Å². The van der Waals surface area contributed by atoms with Crippen LogP contribution in [0, 0.1) is 12.8 Å². The number of carbonyl (C=O) groups is 1. The van der Waals surface area contributed by atoms with Gasteiger partial charge in [0.2, 0.25) is 5.95 Å². The molecule has 1 atom stereocenters. The van der Waals surface area contributed by atoms with Crippen LogP contribution in [-0.2, 0) is 24.9 Å². The minimum Gasteiger partial charge on any atom is -0.312 e. The number of nitrogens with zero attached hydrogens (tertiary/aromatic N) is 5. The van der Waals surface area contributed by atoms with E-state index in [1.807, 2.05) is 29.7 Å².